The molecule has 0 aliphatic heterocycles. The number of nitrogens with one attached hydrogen (secondary N) is 1. The lowest BCUT2D eigenvalue weighted by atomic mass is 10.4. The summed E-state index contributed by atoms with van der Waals surface area (Å²) in [7, 11) is 1.68. The van der Waals surface area contributed by atoms with E-state index in [0.29, 0.717) is 19.0 Å². The van der Waals surface area contributed by atoms with Gasteiger partial charge in [-0.1, -0.05) is 0 Å². The molecule has 5 nitrogen and oxygen atoms in total. The molecule has 0 radical (unpaired) electrons. The van der Waals surface area contributed by atoms with Crippen LogP contribution < -0.4 is 5.32 Å². The first-order chi connectivity index (χ1) is 8.29. The Morgan fingerprint density at radius 1 is 1.41 bits per heavy atom. The first-order valence-electron chi connectivity index (χ1n) is 5.37. The van der Waals surface area contributed by atoms with Crippen LogP contribution in [-0.4, -0.2) is 30.2 Å². The van der Waals surface area contributed by atoms with Crippen LogP contribution in [0.5, 0.6) is 0 Å². The zero-order valence-electron chi connectivity index (χ0n) is 9.90. The molecule has 0 spiro atoms. The molecule has 0 atom stereocenters. The number of methoxy groups -OCH3 is 1. The standard InChI is InChI=1S/C11H15N3O2S/c1-8-13-6-10(17-8)9-5-14-11(16-9)7-12-3-4-15-2/h5-6,12H,3-4,7H2,1-2H3. The van der Waals surface area contributed by atoms with E-state index in [0.717, 1.165) is 22.2 Å². The molecule has 2 heterocycles. The predicted molar refractivity (Wildman–Crippen MR) is 65.9 cm³/mol. The highest BCUT2D eigenvalue weighted by molar-refractivity contribution is 7.14. The number of hydrogen-bond donors (Lipinski definition) is 1. The van der Waals surface area contributed by atoms with E-state index in [2.05, 4.69) is 15.3 Å². The first-order valence-corrected chi connectivity index (χ1v) is 6.18. The number of rotatable bonds is 6. The van der Waals surface area contributed by atoms with Crippen molar-refractivity contribution in [1.82, 2.24) is 15.3 Å². The van der Waals surface area contributed by atoms with E-state index in [4.69, 9.17) is 9.15 Å². The van der Waals surface area contributed by atoms with Gasteiger partial charge in [0.25, 0.3) is 0 Å². The van der Waals surface area contributed by atoms with E-state index in [1.54, 1.807) is 24.6 Å². The second-order valence-electron chi connectivity index (χ2n) is 3.53. The number of ether oxygens (including phenoxy) is 1. The topological polar surface area (TPSA) is 60.2 Å². The van der Waals surface area contributed by atoms with E-state index in [-0.39, 0.29) is 0 Å². The molecular weight excluding hydrogens is 238 g/mol. The molecule has 2 rings (SSSR count). The minimum absolute atomic E-state index is 0.612. The van der Waals surface area contributed by atoms with Gasteiger partial charge >= 0.3 is 0 Å². The molecule has 0 aliphatic rings. The Bertz CT molecular complexity index is 467. The molecule has 0 bridgehead atoms. The Balaban J connectivity index is 1.92. The zero-order valence-corrected chi connectivity index (χ0v) is 10.7. The number of aromatic nitrogens is 2. The third-order valence-electron chi connectivity index (χ3n) is 2.18. The molecule has 2 aromatic heterocycles. The highest BCUT2D eigenvalue weighted by Crippen LogP contribution is 2.26. The molecule has 0 saturated carbocycles. The smallest absolute Gasteiger partial charge is 0.208 e. The van der Waals surface area contributed by atoms with Crippen LogP contribution in [0.1, 0.15) is 10.9 Å². The lowest BCUT2D eigenvalue weighted by Gasteiger charge is -1.99. The van der Waals surface area contributed by atoms with Crippen molar-refractivity contribution < 1.29 is 9.15 Å². The van der Waals surface area contributed by atoms with Gasteiger partial charge in [0.2, 0.25) is 5.89 Å². The number of thiazole rings is 1. The summed E-state index contributed by atoms with van der Waals surface area (Å²) in [5, 5.41) is 4.20. The van der Waals surface area contributed by atoms with Crippen molar-refractivity contribution in [3.05, 3.63) is 23.3 Å². The van der Waals surface area contributed by atoms with Crippen molar-refractivity contribution in [3.8, 4) is 10.6 Å². The maximum absolute atomic E-state index is 5.62. The van der Waals surface area contributed by atoms with Gasteiger partial charge in [-0.3, -0.25) is 0 Å². The molecule has 17 heavy (non-hydrogen) atoms. The second kappa shape index (κ2) is 5.90. The highest BCUT2D eigenvalue weighted by atomic mass is 32.1. The Morgan fingerprint density at radius 3 is 3.00 bits per heavy atom. The third kappa shape index (κ3) is 3.36. The summed E-state index contributed by atoms with van der Waals surface area (Å²) in [5.74, 6) is 1.46. The molecule has 2 aromatic rings. The Morgan fingerprint density at radius 2 is 2.29 bits per heavy atom. The second-order valence-corrected chi connectivity index (χ2v) is 4.77. The molecule has 1 N–H and O–H groups in total. The summed E-state index contributed by atoms with van der Waals surface area (Å²) in [5.41, 5.74) is 0. The van der Waals surface area contributed by atoms with E-state index < -0.39 is 0 Å². The summed E-state index contributed by atoms with van der Waals surface area (Å²) in [6, 6.07) is 0. The predicted octanol–water partition coefficient (Wildman–Crippen LogP) is 1.84. The maximum atomic E-state index is 5.62. The molecule has 0 fully saturated rings. The van der Waals surface area contributed by atoms with Gasteiger partial charge < -0.3 is 14.5 Å². The van der Waals surface area contributed by atoms with Crippen LogP contribution in [0.2, 0.25) is 0 Å². The van der Waals surface area contributed by atoms with Crippen molar-refractivity contribution in [2.24, 2.45) is 0 Å². The van der Waals surface area contributed by atoms with Crippen LogP contribution >= 0.6 is 11.3 Å². The van der Waals surface area contributed by atoms with Crippen LogP contribution in [0.4, 0.5) is 0 Å². The van der Waals surface area contributed by atoms with Gasteiger partial charge in [-0.15, -0.1) is 11.3 Å². The van der Waals surface area contributed by atoms with Crippen LogP contribution in [-0.2, 0) is 11.3 Å². The first kappa shape index (κ1) is 12.2. The number of oxazole rings is 1. The summed E-state index contributed by atoms with van der Waals surface area (Å²) < 4.78 is 10.6. The van der Waals surface area contributed by atoms with Gasteiger partial charge in [0, 0.05) is 19.9 Å². The van der Waals surface area contributed by atoms with Gasteiger partial charge in [0.1, 0.15) is 0 Å². The number of aryl methyl sites for hydroxylation is 1. The lowest BCUT2D eigenvalue weighted by Crippen LogP contribution is -2.18. The molecule has 6 heteroatoms. The molecular formula is C11H15N3O2S. The largest absolute Gasteiger partial charge is 0.438 e. The number of nitrogens with zero attached hydrogens (tertiary/aromatic N) is 2. The fourth-order valence-corrected chi connectivity index (χ4v) is 2.07. The number of hydrogen-bond acceptors (Lipinski definition) is 6. The van der Waals surface area contributed by atoms with Crippen molar-refractivity contribution in [1.29, 1.82) is 0 Å². The minimum atomic E-state index is 0.612. The van der Waals surface area contributed by atoms with Crippen molar-refractivity contribution >= 4 is 11.3 Å². The normalized spacial score (nSPS) is 10.9. The fourth-order valence-electron chi connectivity index (χ4n) is 1.35. The molecule has 92 valence electrons. The quantitative estimate of drug-likeness (QED) is 0.796. The summed E-state index contributed by atoms with van der Waals surface area (Å²) in [6.07, 6.45) is 3.54. The third-order valence-corrected chi connectivity index (χ3v) is 3.10. The summed E-state index contributed by atoms with van der Waals surface area (Å²) >= 11 is 1.60. The van der Waals surface area contributed by atoms with Gasteiger partial charge in [-0.25, -0.2) is 9.97 Å². The zero-order chi connectivity index (χ0) is 12.1. The monoisotopic (exact) mass is 253 g/mol. The Kier molecular flexibility index (Phi) is 4.24. The summed E-state index contributed by atoms with van der Waals surface area (Å²) in [4.78, 5) is 9.41. The van der Waals surface area contributed by atoms with Crippen LogP contribution in [0, 0.1) is 6.92 Å². The van der Waals surface area contributed by atoms with Crippen molar-refractivity contribution in [2.45, 2.75) is 13.5 Å². The average molecular weight is 253 g/mol. The molecule has 0 aromatic carbocycles. The fraction of sp³-hybridized carbons (Fsp3) is 0.455. The van der Waals surface area contributed by atoms with E-state index in [1.165, 1.54) is 0 Å². The minimum Gasteiger partial charge on any atom is -0.438 e. The van der Waals surface area contributed by atoms with Crippen LogP contribution in [0.25, 0.3) is 10.6 Å². The Hall–Kier alpha value is -1.24. The molecule has 0 unspecified atom stereocenters. The molecule has 0 amide bonds. The SMILES string of the molecule is COCCNCc1ncc(-c2cnc(C)s2)o1. The highest BCUT2D eigenvalue weighted by Gasteiger charge is 2.08. The van der Waals surface area contributed by atoms with Gasteiger partial charge in [-0.2, -0.15) is 0 Å². The van der Waals surface area contributed by atoms with Crippen molar-refractivity contribution in [2.75, 3.05) is 20.3 Å². The van der Waals surface area contributed by atoms with Gasteiger partial charge in [0.05, 0.1) is 29.2 Å². The average Bonchev–Trinajstić information content (AvgIpc) is 2.93. The van der Waals surface area contributed by atoms with Crippen LogP contribution in [0.3, 0.4) is 0 Å². The van der Waals surface area contributed by atoms with E-state index in [1.807, 2.05) is 13.1 Å². The maximum Gasteiger partial charge on any atom is 0.208 e. The van der Waals surface area contributed by atoms with Crippen LogP contribution in [0.15, 0.2) is 16.8 Å². The Labute approximate surface area is 104 Å². The molecule has 0 saturated heterocycles. The lowest BCUT2D eigenvalue weighted by molar-refractivity contribution is 0.198. The van der Waals surface area contributed by atoms with Crippen molar-refractivity contribution in [3.63, 3.8) is 0 Å². The van der Waals surface area contributed by atoms with E-state index >= 15 is 0 Å². The van der Waals surface area contributed by atoms with Gasteiger partial charge in [0.15, 0.2) is 5.76 Å². The molecule has 0 aliphatic carbocycles. The van der Waals surface area contributed by atoms with E-state index in [9.17, 15) is 0 Å². The van der Waals surface area contributed by atoms with Gasteiger partial charge in [-0.05, 0) is 6.92 Å². The summed E-state index contributed by atoms with van der Waals surface area (Å²) in [6.45, 7) is 4.05.